The third-order valence-corrected chi connectivity index (χ3v) is 4.34. The molecule has 0 aliphatic carbocycles. The van der Waals surface area contributed by atoms with Crippen molar-refractivity contribution in [2.75, 3.05) is 33.4 Å². The highest BCUT2D eigenvalue weighted by Crippen LogP contribution is 2.21. The fourth-order valence-electron chi connectivity index (χ4n) is 3.13. The summed E-state index contributed by atoms with van der Waals surface area (Å²) in [5.41, 5.74) is 1.28. The van der Waals surface area contributed by atoms with Gasteiger partial charge in [-0.2, -0.15) is 0 Å². The van der Waals surface area contributed by atoms with E-state index < -0.39 is 0 Å². The number of hydrogen-bond acceptors (Lipinski definition) is 3. The van der Waals surface area contributed by atoms with Crippen molar-refractivity contribution in [2.24, 2.45) is 0 Å². The summed E-state index contributed by atoms with van der Waals surface area (Å²) in [6.07, 6.45) is 1.33. The lowest BCUT2D eigenvalue weighted by Gasteiger charge is -2.33. The second-order valence-electron chi connectivity index (χ2n) is 5.92. The smallest absolute Gasteiger partial charge is 0.225 e. The summed E-state index contributed by atoms with van der Waals surface area (Å²) in [6.45, 7) is 2.42. The molecule has 1 saturated heterocycles. The zero-order valence-electron chi connectivity index (χ0n) is 13.5. The van der Waals surface area contributed by atoms with E-state index in [9.17, 15) is 4.79 Å². The van der Waals surface area contributed by atoms with Gasteiger partial charge in [0.2, 0.25) is 5.91 Å². The summed E-state index contributed by atoms with van der Waals surface area (Å²) < 4.78 is 10.9. The van der Waals surface area contributed by atoms with Gasteiger partial charge in [0.15, 0.2) is 0 Å². The van der Waals surface area contributed by atoms with Crippen LogP contribution in [0.2, 0.25) is 0 Å². The van der Waals surface area contributed by atoms with Crippen molar-refractivity contribution < 1.29 is 14.3 Å². The molecule has 0 unspecified atom stereocenters. The molecule has 1 fully saturated rings. The lowest BCUT2D eigenvalue weighted by molar-refractivity contribution is -0.139. The van der Waals surface area contributed by atoms with Gasteiger partial charge >= 0.3 is 0 Å². The van der Waals surface area contributed by atoms with Crippen LogP contribution >= 0.6 is 0 Å². The van der Waals surface area contributed by atoms with E-state index in [-0.39, 0.29) is 12.0 Å². The van der Waals surface area contributed by atoms with Crippen molar-refractivity contribution in [3.8, 4) is 0 Å². The van der Waals surface area contributed by atoms with Crippen LogP contribution in [0.5, 0.6) is 0 Å². The zero-order valence-corrected chi connectivity index (χ0v) is 13.5. The Labute approximate surface area is 137 Å². The fraction of sp³-hybridized carbons (Fsp3) is 0.421. The van der Waals surface area contributed by atoms with E-state index in [2.05, 4.69) is 42.5 Å². The van der Waals surface area contributed by atoms with Crippen LogP contribution < -0.4 is 0 Å². The summed E-state index contributed by atoms with van der Waals surface area (Å²) in [5.74, 6) is 0.151. The van der Waals surface area contributed by atoms with Crippen LogP contribution in [0.15, 0.2) is 42.5 Å². The number of hydrogen-bond donors (Lipinski definition) is 0. The predicted molar refractivity (Wildman–Crippen MR) is 90.5 cm³/mol. The van der Waals surface area contributed by atoms with Gasteiger partial charge in [-0.15, -0.1) is 0 Å². The van der Waals surface area contributed by atoms with Crippen LogP contribution in [0.25, 0.3) is 10.8 Å². The minimum Gasteiger partial charge on any atom is -0.384 e. The van der Waals surface area contributed by atoms with E-state index in [0.29, 0.717) is 32.7 Å². The molecule has 1 heterocycles. The van der Waals surface area contributed by atoms with Crippen molar-refractivity contribution in [2.45, 2.75) is 18.9 Å². The first-order valence-electron chi connectivity index (χ1n) is 8.13. The topological polar surface area (TPSA) is 38.8 Å². The molecule has 3 rings (SSSR count). The number of nitrogens with zero attached hydrogens (tertiary/aromatic N) is 1. The molecule has 0 N–H and O–H groups in total. The molecule has 1 atom stereocenters. The Morgan fingerprint density at radius 3 is 2.96 bits per heavy atom. The van der Waals surface area contributed by atoms with E-state index in [0.717, 1.165) is 6.42 Å². The van der Waals surface area contributed by atoms with Gasteiger partial charge in [0.25, 0.3) is 0 Å². The van der Waals surface area contributed by atoms with Gasteiger partial charge in [-0.25, -0.2) is 0 Å². The van der Waals surface area contributed by atoms with E-state index in [1.165, 1.54) is 16.3 Å². The van der Waals surface area contributed by atoms with Crippen molar-refractivity contribution in [3.05, 3.63) is 48.0 Å². The Kier molecular flexibility index (Phi) is 5.26. The standard InChI is InChI=1S/C19H23NO3/c1-22-11-9-19(21)20-10-12-23-17(14-20)13-16-7-4-6-15-5-2-3-8-18(15)16/h2-8,17H,9-14H2,1H3/t17-/m0/s1. The molecule has 1 aliphatic rings. The molecule has 23 heavy (non-hydrogen) atoms. The highest BCUT2D eigenvalue weighted by atomic mass is 16.5. The van der Waals surface area contributed by atoms with Crippen LogP contribution in [-0.4, -0.2) is 50.3 Å². The number of amides is 1. The number of carbonyl (C=O) groups is 1. The number of carbonyl (C=O) groups excluding carboxylic acids is 1. The van der Waals surface area contributed by atoms with E-state index in [1.54, 1.807) is 7.11 Å². The Hall–Kier alpha value is -1.91. The maximum atomic E-state index is 12.2. The maximum Gasteiger partial charge on any atom is 0.225 e. The molecule has 0 spiro atoms. The second kappa shape index (κ2) is 7.57. The fourth-order valence-corrected chi connectivity index (χ4v) is 3.13. The lowest BCUT2D eigenvalue weighted by atomic mass is 9.99. The molecule has 2 aromatic rings. The molecule has 1 aliphatic heterocycles. The Morgan fingerprint density at radius 2 is 2.09 bits per heavy atom. The number of rotatable bonds is 5. The Balaban J connectivity index is 1.68. The lowest BCUT2D eigenvalue weighted by Crippen LogP contribution is -2.46. The Bertz CT molecular complexity index is 665. The van der Waals surface area contributed by atoms with Gasteiger partial charge in [-0.05, 0) is 16.3 Å². The summed E-state index contributed by atoms with van der Waals surface area (Å²) in [4.78, 5) is 14.1. The van der Waals surface area contributed by atoms with Crippen LogP contribution in [0.4, 0.5) is 0 Å². The second-order valence-corrected chi connectivity index (χ2v) is 5.92. The third-order valence-electron chi connectivity index (χ3n) is 4.34. The first kappa shape index (κ1) is 16.0. The molecule has 122 valence electrons. The van der Waals surface area contributed by atoms with Gasteiger partial charge in [-0.3, -0.25) is 4.79 Å². The molecular formula is C19H23NO3. The summed E-state index contributed by atoms with van der Waals surface area (Å²) in [5, 5.41) is 2.51. The number of methoxy groups -OCH3 is 1. The number of benzene rings is 2. The minimum atomic E-state index is 0.0565. The largest absolute Gasteiger partial charge is 0.384 e. The van der Waals surface area contributed by atoms with Gasteiger partial charge < -0.3 is 14.4 Å². The molecule has 4 heteroatoms. The van der Waals surface area contributed by atoms with E-state index >= 15 is 0 Å². The van der Waals surface area contributed by atoms with Gasteiger partial charge in [-0.1, -0.05) is 42.5 Å². The van der Waals surface area contributed by atoms with E-state index in [4.69, 9.17) is 9.47 Å². The predicted octanol–water partition coefficient (Wildman–Crippen LogP) is 2.65. The van der Waals surface area contributed by atoms with Crippen LogP contribution in [0.1, 0.15) is 12.0 Å². The van der Waals surface area contributed by atoms with Crippen molar-refractivity contribution in [3.63, 3.8) is 0 Å². The molecule has 0 bridgehead atoms. The molecule has 4 nitrogen and oxygen atoms in total. The third kappa shape index (κ3) is 3.89. The number of ether oxygens (including phenoxy) is 2. The zero-order chi connectivity index (χ0) is 16.1. The Morgan fingerprint density at radius 1 is 1.26 bits per heavy atom. The maximum absolute atomic E-state index is 12.2. The molecule has 1 amide bonds. The molecule has 0 aromatic heterocycles. The highest BCUT2D eigenvalue weighted by Gasteiger charge is 2.24. The van der Waals surface area contributed by atoms with Crippen molar-refractivity contribution >= 4 is 16.7 Å². The van der Waals surface area contributed by atoms with E-state index in [1.807, 2.05) is 4.90 Å². The normalized spacial score (nSPS) is 18.3. The number of fused-ring (bicyclic) bond motifs is 1. The van der Waals surface area contributed by atoms with Crippen molar-refractivity contribution in [1.29, 1.82) is 0 Å². The summed E-state index contributed by atoms with van der Waals surface area (Å²) >= 11 is 0. The summed E-state index contributed by atoms with van der Waals surface area (Å²) in [7, 11) is 1.62. The first-order chi connectivity index (χ1) is 11.3. The van der Waals surface area contributed by atoms with Gasteiger partial charge in [0, 0.05) is 26.6 Å². The quantitative estimate of drug-likeness (QED) is 0.852. The summed E-state index contributed by atoms with van der Waals surface area (Å²) in [6, 6.07) is 14.8. The monoisotopic (exact) mass is 313 g/mol. The van der Waals surface area contributed by atoms with Gasteiger partial charge in [0.1, 0.15) is 0 Å². The highest BCUT2D eigenvalue weighted by molar-refractivity contribution is 5.85. The molecule has 2 aromatic carbocycles. The van der Waals surface area contributed by atoms with Crippen LogP contribution in [-0.2, 0) is 20.7 Å². The SMILES string of the molecule is COCCC(=O)N1CCO[C@@H](Cc2cccc3ccccc23)C1. The van der Waals surface area contributed by atoms with Crippen LogP contribution in [0.3, 0.4) is 0 Å². The average molecular weight is 313 g/mol. The van der Waals surface area contributed by atoms with Crippen molar-refractivity contribution in [1.82, 2.24) is 4.90 Å². The number of morpholine rings is 1. The minimum absolute atomic E-state index is 0.0565. The molecule has 0 saturated carbocycles. The molecular weight excluding hydrogens is 290 g/mol. The average Bonchev–Trinajstić information content (AvgIpc) is 2.60. The van der Waals surface area contributed by atoms with Crippen LogP contribution in [0, 0.1) is 0 Å². The van der Waals surface area contributed by atoms with Gasteiger partial charge in [0.05, 0.1) is 25.7 Å². The first-order valence-corrected chi connectivity index (χ1v) is 8.13. The molecule has 0 radical (unpaired) electrons.